The summed E-state index contributed by atoms with van der Waals surface area (Å²) < 4.78 is 5.48. The summed E-state index contributed by atoms with van der Waals surface area (Å²) in [5.74, 6) is 0.794. The summed E-state index contributed by atoms with van der Waals surface area (Å²) in [5.41, 5.74) is 1.66. The molecule has 1 aromatic carbocycles. The van der Waals surface area contributed by atoms with E-state index in [0.29, 0.717) is 11.8 Å². The van der Waals surface area contributed by atoms with Gasteiger partial charge in [0.15, 0.2) is 0 Å². The van der Waals surface area contributed by atoms with E-state index in [2.05, 4.69) is 9.97 Å². The van der Waals surface area contributed by atoms with Crippen LogP contribution < -0.4 is 4.74 Å². The van der Waals surface area contributed by atoms with Gasteiger partial charge in [-0.25, -0.2) is 9.97 Å². The SMILES string of the molecule is CCOc1ccc2nc(Cl)nc(Cl)c2c1C. The standard InChI is InChI=1S/C11H10Cl2N2O/c1-3-16-8-5-4-7-9(6(8)2)10(12)15-11(13)14-7/h4-5H,3H2,1-2H3. The quantitative estimate of drug-likeness (QED) is 0.608. The number of hydrogen-bond donors (Lipinski definition) is 0. The Kier molecular flexibility index (Phi) is 3.17. The maximum Gasteiger partial charge on any atom is 0.224 e. The molecular weight excluding hydrogens is 247 g/mol. The van der Waals surface area contributed by atoms with Crippen LogP contribution in [0.25, 0.3) is 10.9 Å². The van der Waals surface area contributed by atoms with Gasteiger partial charge in [-0.2, -0.15) is 0 Å². The Hall–Kier alpha value is -1.06. The Labute approximate surface area is 103 Å². The first-order valence-electron chi connectivity index (χ1n) is 4.88. The summed E-state index contributed by atoms with van der Waals surface area (Å²) in [5, 5.41) is 1.30. The van der Waals surface area contributed by atoms with Crippen molar-refractivity contribution >= 4 is 34.1 Å². The topological polar surface area (TPSA) is 35.0 Å². The van der Waals surface area contributed by atoms with Gasteiger partial charge in [-0.3, -0.25) is 0 Å². The molecule has 3 nitrogen and oxygen atoms in total. The van der Waals surface area contributed by atoms with Crippen LogP contribution in [0.4, 0.5) is 0 Å². The van der Waals surface area contributed by atoms with Gasteiger partial charge in [-0.15, -0.1) is 0 Å². The van der Waals surface area contributed by atoms with E-state index in [1.54, 1.807) is 0 Å². The third-order valence-corrected chi connectivity index (χ3v) is 2.75. The maximum absolute atomic E-state index is 6.05. The number of rotatable bonds is 2. The van der Waals surface area contributed by atoms with Crippen LogP contribution in [-0.2, 0) is 0 Å². The van der Waals surface area contributed by atoms with Gasteiger partial charge in [-0.1, -0.05) is 11.6 Å². The van der Waals surface area contributed by atoms with E-state index >= 15 is 0 Å². The van der Waals surface area contributed by atoms with Crippen molar-refractivity contribution in [2.24, 2.45) is 0 Å². The van der Waals surface area contributed by atoms with E-state index in [9.17, 15) is 0 Å². The van der Waals surface area contributed by atoms with E-state index in [-0.39, 0.29) is 5.28 Å². The van der Waals surface area contributed by atoms with Gasteiger partial charge < -0.3 is 4.74 Å². The molecule has 5 heteroatoms. The third-order valence-electron chi connectivity index (χ3n) is 2.30. The lowest BCUT2D eigenvalue weighted by Gasteiger charge is -2.10. The molecule has 2 aromatic rings. The molecule has 1 heterocycles. The number of benzene rings is 1. The molecule has 0 unspecified atom stereocenters. The lowest BCUT2D eigenvalue weighted by atomic mass is 10.1. The summed E-state index contributed by atoms with van der Waals surface area (Å²) in [6.07, 6.45) is 0. The zero-order chi connectivity index (χ0) is 11.7. The molecule has 0 saturated heterocycles. The minimum absolute atomic E-state index is 0.154. The molecule has 0 spiro atoms. The van der Waals surface area contributed by atoms with Crippen LogP contribution in [-0.4, -0.2) is 16.6 Å². The Balaban J connectivity index is 2.73. The Morgan fingerprint density at radius 3 is 2.69 bits per heavy atom. The second-order valence-corrected chi connectivity index (χ2v) is 4.00. The average molecular weight is 257 g/mol. The fourth-order valence-electron chi connectivity index (χ4n) is 1.60. The van der Waals surface area contributed by atoms with Gasteiger partial charge in [0, 0.05) is 10.9 Å². The number of fused-ring (bicyclic) bond motifs is 1. The second-order valence-electron chi connectivity index (χ2n) is 3.30. The monoisotopic (exact) mass is 256 g/mol. The molecular formula is C11H10Cl2N2O. The average Bonchev–Trinajstić information content (AvgIpc) is 2.21. The van der Waals surface area contributed by atoms with Crippen LogP contribution >= 0.6 is 23.2 Å². The van der Waals surface area contributed by atoms with Crippen molar-refractivity contribution in [3.8, 4) is 5.75 Å². The molecule has 0 aliphatic heterocycles. The van der Waals surface area contributed by atoms with Gasteiger partial charge in [0.1, 0.15) is 10.9 Å². The minimum atomic E-state index is 0.154. The van der Waals surface area contributed by atoms with Gasteiger partial charge in [0.25, 0.3) is 0 Å². The second kappa shape index (κ2) is 4.44. The number of aryl methyl sites for hydroxylation is 1. The Bertz CT molecular complexity index is 543. The van der Waals surface area contributed by atoms with Gasteiger partial charge in [-0.05, 0) is 37.6 Å². The largest absolute Gasteiger partial charge is 0.494 e. The molecule has 0 atom stereocenters. The highest BCUT2D eigenvalue weighted by Crippen LogP contribution is 2.31. The van der Waals surface area contributed by atoms with Gasteiger partial charge >= 0.3 is 0 Å². The first-order valence-corrected chi connectivity index (χ1v) is 5.64. The highest BCUT2D eigenvalue weighted by molar-refractivity contribution is 6.36. The normalized spacial score (nSPS) is 10.8. The fraction of sp³-hybridized carbons (Fsp3) is 0.273. The molecule has 2 rings (SSSR count). The van der Waals surface area contributed by atoms with Gasteiger partial charge in [0.05, 0.1) is 12.1 Å². The number of aromatic nitrogens is 2. The molecule has 0 bridgehead atoms. The summed E-state index contributed by atoms with van der Waals surface area (Å²) in [4.78, 5) is 8.04. The van der Waals surface area contributed by atoms with Crippen LogP contribution in [0.15, 0.2) is 12.1 Å². The first-order chi connectivity index (χ1) is 7.63. The molecule has 1 aromatic heterocycles. The zero-order valence-electron chi connectivity index (χ0n) is 8.92. The maximum atomic E-state index is 6.05. The van der Waals surface area contributed by atoms with E-state index in [4.69, 9.17) is 27.9 Å². The first kappa shape index (κ1) is 11.4. The predicted molar refractivity (Wildman–Crippen MR) is 65.5 cm³/mol. The van der Waals surface area contributed by atoms with E-state index in [1.165, 1.54) is 0 Å². The molecule has 0 amide bonds. The van der Waals surface area contributed by atoms with Crippen LogP contribution in [0.2, 0.25) is 10.4 Å². The number of hydrogen-bond acceptors (Lipinski definition) is 3. The van der Waals surface area contributed by atoms with E-state index < -0.39 is 0 Å². The van der Waals surface area contributed by atoms with Crippen molar-refractivity contribution in [3.05, 3.63) is 28.1 Å². The minimum Gasteiger partial charge on any atom is -0.494 e. The molecule has 84 valence electrons. The van der Waals surface area contributed by atoms with Crippen LogP contribution in [0.5, 0.6) is 5.75 Å². The zero-order valence-corrected chi connectivity index (χ0v) is 10.4. The van der Waals surface area contributed by atoms with Crippen LogP contribution in [0.3, 0.4) is 0 Å². The summed E-state index contributed by atoms with van der Waals surface area (Å²) in [6, 6.07) is 3.69. The Morgan fingerprint density at radius 2 is 2.00 bits per heavy atom. The summed E-state index contributed by atoms with van der Waals surface area (Å²) in [7, 11) is 0. The third kappa shape index (κ3) is 1.93. The molecule has 0 N–H and O–H groups in total. The van der Waals surface area contributed by atoms with Crippen molar-refractivity contribution in [1.82, 2.24) is 9.97 Å². The molecule has 16 heavy (non-hydrogen) atoms. The fourth-order valence-corrected chi connectivity index (χ4v) is 2.14. The summed E-state index contributed by atoms with van der Waals surface area (Å²) >= 11 is 11.8. The molecule has 0 aliphatic rings. The predicted octanol–water partition coefficient (Wildman–Crippen LogP) is 3.64. The molecule has 0 saturated carbocycles. The lowest BCUT2D eigenvalue weighted by Crippen LogP contribution is -1.96. The van der Waals surface area contributed by atoms with Crippen molar-refractivity contribution in [3.63, 3.8) is 0 Å². The van der Waals surface area contributed by atoms with Crippen LogP contribution in [0.1, 0.15) is 12.5 Å². The number of nitrogens with zero attached hydrogens (tertiary/aromatic N) is 2. The van der Waals surface area contributed by atoms with Crippen molar-refractivity contribution in [1.29, 1.82) is 0 Å². The van der Waals surface area contributed by atoms with Crippen molar-refractivity contribution in [2.75, 3.05) is 6.61 Å². The summed E-state index contributed by atoms with van der Waals surface area (Å²) in [6.45, 7) is 4.47. The highest BCUT2D eigenvalue weighted by atomic mass is 35.5. The molecule has 0 fully saturated rings. The number of halogens is 2. The molecule has 0 aliphatic carbocycles. The van der Waals surface area contributed by atoms with Crippen molar-refractivity contribution < 1.29 is 4.74 Å². The highest BCUT2D eigenvalue weighted by Gasteiger charge is 2.11. The smallest absolute Gasteiger partial charge is 0.224 e. The van der Waals surface area contributed by atoms with E-state index in [1.807, 2.05) is 26.0 Å². The van der Waals surface area contributed by atoms with Gasteiger partial charge in [0.2, 0.25) is 5.28 Å². The van der Waals surface area contributed by atoms with Crippen molar-refractivity contribution in [2.45, 2.75) is 13.8 Å². The molecule has 0 radical (unpaired) electrons. The number of ether oxygens (including phenoxy) is 1. The van der Waals surface area contributed by atoms with Crippen LogP contribution in [0, 0.1) is 6.92 Å². The van der Waals surface area contributed by atoms with E-state index in [0.717, 1.165) is 22.2 Å². The lowest BCUT2D eigenvalue weighted by molar-refractivity contribution is 0.338. The Morgan fingerprint density at radius 1 is 1.25 bits per heavy atom.